The standard InChI is InChI=1S/C22H27ClN4O/c1-15-13-21(25-16(2)24-15)26-11-9-18(10-12-26)22(28)27(14-17-3-4-17)20-7-5-19(23)6-8-20/h5-8,13,17-18H,3-4,9-12,14H2,1-2H3. The summed E-state index contributed by atoms with van der Waals surface area (Å²) in [6.45, 7) is 6.45. The van der Waals surface area contributed by atoms with E-state index in [1.165, 1.54) is 12.8 Å². The van der Waals surface area contributed by atoms with Gasteiger partial charge in [0.25, 0.3) is 0 Å². The number of nitrogens with zero attached hydrogens (tertiary/aromatic N) is 4. The summed E-state index contributed by atoms with van der Waals surface area (Å²) in [5, 5.41) is 0.700. The van der Waals surface area contributed by atoms with Crippen molar-refractivity contribution < 1.29 is 4.79 Å². The molecule has 1 saturated carbocycles. The fourth-order valence-corrected chi connectivity index (χ4v) is 4.06. The van der Waals surface area contributed by atoms with Gasteiger partial charge in [0.05, 0.1) is 0 Å². The van der Waals surface area contributed by atoms with Crippen molar-refractivity contribution in [2.24, 2.45) is 11.8 Å². The SMILES string of the molecule is Cc1cc(N2CCC(C(=O)N(CC3CC3)c3ccc(Cl)cc3)CC2)nc(C)n1. The Morgan fingerprint density at radius 3 is 2.39 bits per heavy atom. The Kier molecular flexibility index (Phi) is 5.54. The molecular formula is C22H27ClN4O. The van der Waals surface area contributed by atoms with Crippen molar-refractivity contribution in [3.63, 3.8) is 0 Å². The van der Waals surface area contributed by atoms with Gasteiger partial charge in [-0.3, -0.25) is 4.79 Å². The molecule has 28 heavy (non-hydrogen) atoms. The first-order chi connectivity index (χ1) is 13.5. The number of carbonyl (C=O) groups is 1. The molecule has 2 fully saturated rings. The molecule has 1 aromatic carbocycles. The molecule has 0 spiro atoms. The van der Waals surface area contributed by atoms with Crippen LogP contribution in [0, 0.1) is 25.7 Å². The van der Waals surface area contributed by atoms with Crippen molar-refractivity contribution in [1.29, 1.82) is 0 Å². The normalized spacial score (nSPS) is 17.6. The Balaban J connectivity index is 1.44. The molecule has 1 amide bonds. The highest BCUT2D eigenvalue weighted by Gasteiger charge is 2.33. The van der Waals surface area contributed by atoms with E-state index in [1.54, 1.807) is 0 Å². The molecule has 1 aliphatic carbocycles. The highest BCUT2D eigenvalue weighted by molar-refractivity contribution is 6.30. The first-order valence-corrected chi connectivity index (χ1v) is 10.5. The van der Waals surface area contributed by atoms with Crippen LogP contribution in [0.15, 0.2) is 30.3 Å². The molecule has 0 N–H and O–H groups in total. The van der Waals surface area contributed by atoms with Crippen LogP contribution in [0.2, 0.25) is 5.02 Å². The number of halogens is 1. The summed E-state index contributed by atoms with van der Waals surface area (Å²) >= 11 is 6.04. The molecule has 4 rings (SSSR count). The smallest absolute Gasteiger partial charge is 0.230 e. The van der Waals surface area contributed by atoms with E-state index >= 15 is 0 Å². The summed E-state index contributed by atoms with van der Waals surface area (Å²) in [6.07, 6.45) is 4.16. The molecular weight excluding hydrogens is 372 g/mol. The predicted octanol–water partition coefficient (Wildman–Crippen LogP) is 4.41. The number of anilines is 2. The zero-order valence-electron chi connectivity index (χ0n) is 16.6. The van der Waals surface area contributed by atoms with Crippen molar-refractivity contribution in [3.05, 3.63) is 46.9 Å². The molecule has 2 heterocycles. The number of benzene rings is 1. The zero-order valence-corrected chi connectivity index (χ0v) is 17.3. The van der Waals surface area contributed by atoms with E-state index in [-0.39, 0.29) is 11.8 Å². The van der Waals surface area contributed by atoms with Crippen LogP contribution >= 0.6 is 11.6 Å². The Morgan fingerprint density at radius 2 is 1.79 bits per heavy atom. The highest BCUT2D eigenvalue weighted by Crippen LogP contribution is 2.34. The molecule has 0 atom stereocenters. The van der Waals surface area contributed by atoms with Crippen LogP contribution < -0.4 is 9.80 Å². The third-order valence-electron chi connectivity index (χ3n) is 5.66. The Bertz CT molecular complexity index is 822. The summed E-state index contributed by atoms with van der Waals surface area (Å²) in [7, 11) is 0. The summed E-state index contributed by atoms with van der Waals surface area (Å²) < 4.78 is 0. The molecule has 2 aliphatic rings. The van der Waals surface area contributed by atoms with Crippen molar-refractivity contribution in [2.45, 2.75) is 39.5 Å². The number of aromatic nitrogens is 2. The van der Waals surface area contributed by atoms with E-state index in [2.05, 4.69) is 14.9 Å². The lowest BCUT2D eigenvalue weighted by Crippen LogP contribution is -2.43. The maximum Gasteiger partial charge on any atom is 0.230 e. The molecule has 0 unspecified atom stereocenters. The monoisotopic (exact) mass is 398 g/mol. The first-order valence-electron chi connectivity index (χ1n) is 10.1. The van der Waals surface area contributed by atoms with Gasteiger partial charge in [0.2, 0.25) is 5.91 Å². The van der Waals surface area contributed by atoms with Gasteiger partial charge in [-0.15, -0.1) is 0 Å². The molecule has 148 valence electrons. The average molecular weight is 399 g/mol. The molecule has 1 aliphatic heterocycles. The second-order valence-electron chi connectivity index (χ2n) is 8.04. The summed E-state index contributed by atoms with van der Waals surface area (Å²) in [5.74, 6) is 2.74. The predicted molar refractivity (Wildman–Crippen MR) is 113 cm³/mol. The lowest BCUT2D eigenvalue weighted by atomic mass is 9.94. The minimum absolute atomic E-state index is 0.0645. The molecule has 1 saturated heterocycles. The number of rotatable bonds is 5. The quantitative estimate of drug-likeness (QED) is 0.748. The van der Waals surface area contributed by atoms with Gasteiger partial charge in [-0.2, -0.15) is 0 Å². The van der Waals surface area contributed by atoms with Gasteiger partial charge in [-0.1, -0.05) is 11.6 Å². The van der Waals surface area contributed by atoms with Gasteiger partial charge in [-0.05, 0) is 69.7 Å². The second-order valence-corrected chi connectivity index (χ2v) is 8.48. The molecule has 6 heteroatoms. The van der Waals surface area contributed by atoms with Crippen LogP contribution in [-0.2, 0) is 4.79 Å². The molecule has 0 bridgehead atoms. The summed E-state index contributed by atoms with van der Waals surface area (Å²) in [6, 6.07) is 9.69. The van der Waals surface area contributed by atoms with Crippen LogP contribution in [0.5, 0.6) is 0 Å². The van der Waals surface area contributed by atoms with Gasteiger partial charge in [0.1, 0.15) is 11.6 Å². The van der Waals surface area contributed by atoms with E-state index in [0.717, 1.165) is 55.5 Å². The number of amides is 1. The van der Waals surface area contributed by atoms with Crippen molar-refractivity contribution in [2.75, 3.05) is 29.4 Å². The highest BCUT2D eigenvalue weighted by atomic mass is 35.5. The minimum Gasteiger partial charge on any atom is -0.356 e. The molecule has 2 aromatic rings. The molecule has 1 aromatic heterocycles. The van der Waals surface area contributed by atoms with Crippen LogP contribution in [0.25, 0.3) is 0 Å². The fourth-order valence-electron chi connectivity index (χ4n) is 3.94. The zero-order chi connectivity index (χ0) is 19.7. The van der Waals surface area contributed by atoms with Gasteiger partial charge in [0, 0.05) is 48.0 Å². The van der Waals surface area contributed by atoms with E-state index in [4.69, 9.17) is 11.6 Å². The fraction of sp³-hybridized carbons (Fsp3) is 0.500. The summed E-state index contributed by atoms with van der Waals surface area (Å²) in [4.78, 5) is 26.6. The van der Waals surface area contributed by atoms with Gasteiger partial charge in [0.15, 0.2) is 0 Å². The van der Waals surface area contributed by atoms with Gasteiger partial charge in [-0.25, -0.2) is 9.97 Å². The van der Waals surface area contributed by atoms with Crippen molar-refractivity contribution in [1.82, 2.24) is 9.97 Å². The lowest BCUT2D eigenvalue weighted by Gasteiger charge is -2.35. The third-order valence-corrected chi connectivity index (χ3v) is 5.91. The lowest BCUT2D eigenvalue weighted by molar-refractivity contribution is -0.123. The van der Waals surface area contributed by atoms with Gasteiger partial charge < -0.3 is 9.80 Å². The van der Waals surface area contributed by atoms with Crippen LogP contribution in [0.1, 0.15) is 37.2 Å². The van der Waals surface area contributed by atoms with Gasteiger partial charge >= 0.3 is 0 Å². The topological polar surface area (TPSA) is 49.3 Å². The number of carbonyl (C=O) groups excluding carboxylic acids is 1. The largest absolute Gasteiger partial charge is 0.356 e. The Labute approximate surface area is 171 Å². The van der Waals surface area contributed by atoms with Crippen LogP contribution in [0.4, 0.5) is 11.5 Å². The number of hydrogen-bond acceptors (Lipinski definition) is 4. The number of hydrogen-bond donors (Lipinski definition) is 0. The average Bonchev–Trinajstić information content (AvgIpc) is 3.50. The second kappa shape index (κ2) is 8.08. The number of aryl methyl sites for hydroxylation is 2. The third kappa shape index (κ3) is 4.46. The molecule has 5 nitrogen and oxygen atoms in total. The first kappa shape index (κ1) is 19.2. The Morgan fingerprint density at radius 1 is 1.11 bits per heavy atom. The molecule has 0 radical (unpaired) electrons. The minimum atomic E-state index is 0.0645. The summed E-state index contributed by atoms with van der Waals surface area (Å²) in [5.41, 5.74) is 1.95. The Hall–Kier alpha value is -2.14. The van der Waals surface area contributed by atoms with E-state index in [1.807, 2.05) is 49.1 Å². The van der Waals surface area contributed by atoms with E-state index < -0.39 is 0 Å². The van der Waals surface area contributed by atoms with Crippen LogP contribution in [-0.4, -0.2) is 35.5 Å². The van der Waals surface area contributed by atoms with E-state index in [0.29, 0.717) is 10.9 Å². The number of piperidine rings is 1. The maximum atomic E-state index is 13.3. The van der Waals surface area contributed by atoms with E-state index in [9.17, 15) is 4.79 Å². The maximum absolute atomic E-state index is 13.3. The van der Waals surface area contributed by atoms with Crippen LogP contribution in [0.3, 0.4) is 0 Å². The van der Waals surface area contributed by atoms with Crippen molar-refractivity contribution in [3.8, 4) is 0 Å². The van der Waals surface area contributed by atoms with Crippen molar-refractivity contribution >= 4 is 29.0 Å².